The van der Waals surface area contributed by atoms with Gasteiger partial charge in [0.25, 0.3) is 5.91 Å². The molecule has 0 saturated carbocycles. The Morgan fingerprint density at radius 1 is 1.20 bits per heavy atom. The molecule has 0 radical (unpaired) electrons. The molecule has 1 atom stereocenters. The number of aromatic nitrogens is 1. The zero-order chi connectivity index (χ0) is 17.8. The van der Waals surface area contributed by atoms with Gasteiger partial charge in [-0.05, 0) is 49.7 Å². The third kappa shape index (κ3) is 4.23. The van der Waals surface area contributed by atoms with E-state index in [1.54, 1.807) is 25.3 Å². The van der Waals surface area contributed by atoms with Gasteiger partial charge in [0, 0.05) is 37.4 Å². The van der Waals surface area contributed by atoms with Crippen molar-refractivity contribution in [3.63, 3.8) is 0 Å². The second kappa shape index (κ2) is 7.74. The number of amides is 1. The number of carbonyl (C=O) groups is 1. The first-order chi connectivity index (χ1) is 12.0. The maximum atomic E-state index is 12.7. The lowest BCUT2D eigenvalue weighted by molar-refractivity contribution is -0.138. The summed E-state index contributed by atoms with van der Waals surface area (Å²) in [5, 5.41) is 0.662. The SMILES string of the molecule is Cc1cc(Cl)ccc1O[C@@H](C)C(=O)N1CCN(c2ccccn2)CC1. The van der Waals surface area contributed by atoms with Crippen LogP contribution in [0.15, 0.2) is 42.6 Å². The van der Waals surface area contributed by atoms with Crippen LogP contribution in [0.5, 0.6) is 5.75 Å². The Kier molecular flexibility index (Phi) is 5.43. The van der Waals surface area contributed by atoms with Gasteiger partial charge in [-0.3, -0.25) is 4.79 Å². The van der Waals surface area contributed by atoms with Gasteiger partial charge in [0.05, 0.1) is 0 Å². The molecular weight excluding hydrogens is 338 g/mol. The Balaban J connectivity index is 1.56. The maximum absolute atomic E-state index is 12.7. The average Bonchev–Trinajstić information content (AvgIpc) is 2.64. The number of rotatable bonds is 4. The van der Waals surface area contributed by atoms with Gasteiger partial charge in [-0.1, -0.05) is 17.7 Å². The molecule has 25 heavy (non-hydrogen) atoms. The van der Waals surface area contributed by atoms with E-state index in [2.05, 4.69) is 9.88 Å². The van der Waals surface area contributed by atoms with Crippen molar-refractivity contribution in [2.75, 3.05) is 31.1 Å². The molecule has 5 nitrogen and oxygen atoms in total. The van der Waals surface area contributed by atoms with Gasteiger partial charge < -0.3 is 14.5 Å². The Morgan fingerprint density at radius 3 is 2.60 bits per heavy atom. The molecule has 1 fully saturated rings. The largest absolute Gasteiger partial charge is 0.481 e. The van der Waals surface area contributed by atoms with E-state index in [4.69, 9.17) is 16.3 Å². The van der Waals surface area contributed by atoms with Gasteiger partial charge in [0.15, 0.2) is 6.10 Å². The zero-order valence-electron chi connectivity index (χ0n) is 14.5. The van der Waals surface area contributed by atoms with E-state index in [1.165, 1.54) is 0 Å². The van der Waals surface area contributed by atoms with Crippen LogP contribution >= 0.6 is 11.6 Å². The third-order valence-corrected chi connectivity index (χ3v) is 4.59. The molecule has 6 heteroatoms. The van der Waals surface area contributed by atoms with E-state index in [1.807, 2.05) is 36.1 Å². The van der Waals surface area contributed by atoms with Gasteiger partial charge >= 0.3 is 0 Å². The van der Waals surface area contributed by atoms with Gasteiger partial charge in [-0.15, -0.1) is 0 Å². The van der Waals surface area contributed by atoms with E-state index >= 15 is 0 Å². The molecular formula is C19H22ClN3O2. The number of halogens is 1. The Bertz CT molecular complexity index is 731. The van der Waals surface area contributed by atoms with Crippen molar-refractivity contribution in [1.82, 2.24) is 9.88 Å². The van der Waals surface area contributed by atoms with Gasteiger partial charge in [0.2, 0.25) is 0 Å². The molecule has 0 bridgehead atoms. The molecule has 1 aliphatic rings. The molecule has 1 aliphatic heterocycles. The van der Waals surface area contributed by atoms with Crippen molar-refractivity contribution in [2.24, 2.45) is 0 Å². The van der Waals surface area contributed by atoms with Gasteiger partial charge in [-0.25, -0.2) is 4.98 Å². The van der Waals surface area contributed by atoms with Crippen molar-refractivity contribution < 1.29 is 9.53 Å². The number of piperazine rings is 1. The number of benzene rings is 1. The lowest BCUT2D eigenvalue weighted by atomic mass is 10.2. The van der Waals surface area contributed by atoms with Crippen molar-refractivity contribution in [3.05, 3.63) is 53.2 Å². The quantitative estimate of drug-likeness (QED) is 0.841. The second-order valence-corrected chi connectivity index (χ2v) is 6.61. The van der Waals surface area contributed by atoms with Crippen LogP contribution < -0.4 is 9.64 Å². The standard InChI is InChI=1S/C19H22ClN3O2/c1-14-13-16(20)6-7-17(14)25-15(2)19(24)23-11-9-22(10-12-23)18-5-3-4-8-21-18/h3-8,13,15H,9-12H2,1-2H3/t15-/m0/s1. The molecule has 2 aromatic rings. The van der Waals surface area contributed by atoms with Crippen LogP contribution in [0.3, 0.4) is 0 Å². The van der Waals surface area contributed by atoms with E-state index in [-0.39, 0.29) is 5.91 Å². The van der Waals surface area contributed by atoms with Crippen LogP contribution in [-0.2, 0) is 4.79 Å². The van der Waals surface area contributed by atoms with Crippen molar-refractivity contribution in [2.45, 2.75) is 20.0 Å². The molecule has 0 N–H and O–H groups in total. The van der Waals surface area contributed by atoms with E-state index in [0.717, 1.165) is 24.5 Å². The average molecular weight is 360 g/mol. The topological polar surface area (TPSA) is 45.7 Å². The Labute approximate surface area is 153 Å². The fourth-order valence-corrected chi connectivity index (χ4v) is 3.17. The minimum absolute atomic E-state index is 0.00928. The number of anilines is 1. The first-order valence-electron chi connectivity index (χ1n) is 8.42. The molecule has 1 aromatic heterocycles. The highest BCUT2D eigenvalue weighted by molar-refractivity contribution is 6.30. The first kappa shape index (κ1) is 17.5. The molecule has 2 heterocycles. The zero-order valence-corrected chi connectivity index (χ0v) is 15.2. The summed E-state index contributed by atoms with van der Waals surface area (Å²) in [5.74, 6) is 1.66. The number of carbonyl (C=O) groups excluding carboxylic acids is 1. The summed E-state index contributed by atoms with van der Waals surface area (Å²) >= 11 is 5.96. The van der Waals surface area contributed by atoms with Crippen molar-refractivity contribution in [1.29, 1.82) is 0 Å². The fourth-order valence-electron chi connectivity index (χ4n) is 2.94. The summed E-state index contributed by atoms with van der Waals surface area (Å²) in [6, 6.07) is 11.3. The van der Waals surface area contributed by atoms with E-state index < -0.39 is 6.10 Å². The van der Waals surface area contributed by atoms with Crippen LogP contribution in [0.1, 0.15) is 12.5 Å². The second-order valence-electron chi connectivity index (χ2n) is 6.17. The predicted molar refractivity (Wildman–Crippen MR) is 99.3 cm³/mol. The number of hydrogen-bond acceptors (Lipinski definition) is 4. The number of aryl methyl sites for hydroxylation is 1. The van der Waals surface area contributed by atoms with Crippen LogP contribution in [0, 0.1) is 6.92 Å². The molecule has 132 valence electrons. The fraction of sp³-hybridized carbons (Fsp3) is 0.368. The lowest BCUT2D eigenvalue weighted by Crippen LogP contribution is -2.52. The summed E-state index contributed by atoms with van der Waals surface area (Å²) < 4.78 is 5.85. The molecule has 1 aromatic carbocycles. The van der Waals surface area contributed by atoms with Crippen LogP contribution in [0.25, 0.3) is 0 Å². The number of hydrogen-bond donors (Lipinski definition) is 0. The van der Waals surface area contributed by atoms with E-state index in [0.29, 0.717) is 23.9 Å². The Hall–Kier alpha value is -2.27. The summed E-state index contributed by atoms with van der Waals surface area (Å²) in [6.07, 6.45) is 1.26. The number of ether oxygens (including phenoxy) is 1. The van der Waals surface area contributed by atoms with E-state index in [9.17, 15) is 4.79 Å². The monoisotopic (exact) mass is 359 g/mol. The van der Waals surface area contributed by atoms with Crippen LogP contribution in [0.2, 0.25) is 5.02 Å². The van der Waals surface area contributed by atoms with Crippen LogP contribution in [-0.4, -0.2) is 48.1 Å². The van der Waals surface area contributed by atoms with Crippen LogP contribution in [0.4, 0.5) is 5.82 Å². The highest BCUT2D eigenvalue weighted by Crippen LogP contribution is 2.23. The number of pyridine rings is 1. The van der Waals surface area contributed by atoms with Gasteiger partial charge in [0.1, 0.15) is 11.6 Å². The molecule has 3 rings (SSSR count). The molecule has 0 unspecified atom stereocenters. The Morgan fingerprint density at radius 2 is 1.96 bits per heavy atom. The van der Waals surface area contributed by atoms with Crippen molar-refractivity contribution in [3.8, 4) is 5.75 Å². The predicted octanol–water partition coefficient (Wildman–Crippen LogP) is 3.16. The summed E-state index contributed by atoms with van der Waals surface area (Å²) in [7, 11) is 0. The molecule has 0 spiro atoms. The maximum Gasteiger partial charge on any atom is 0.263 e. The van der Waals surface area contributed by atoms with Gasteiger partial charge in [-0.2, -0.15) is 0 Å². The van der Waals surface area contributed by atoms with Crippen molar-refractivity contribution >= 4 is 23.3 Å². The highest BCUT2D eigenvalue weighted by Gasteiger charge is 2.26. The molecule has 1 saturated heterocycles. The normalized spacial score (nSPS) is 15.8. The summed E-state index contributed by atoms with van der Waals surface area (Å²) in [4.78, 5) is 21.1. The minimum atomic E-state index is -0.527. The molecule has 0 aliphatic carbocycles. The third-order valence-electron chi connectivity index (χ3n) is 4.35. The lowest BCUT2D eigenvalue weighted by Gasteiger charge is -2.36. The molecule has 1 amide bonds. The highest BCUT2D eigenvalue weighted by atomic mass is 35.5. The smallest absolute Gasteiger partial charge is 0.263 e. The summed E-state index contributed by atoms with van der Waals surface area (Å²) in [6.45, 7) is 6.60. The number of nitrogens with zero attached hydrogens (tertiary/aromatic N) is 3. The first-order valence-corrected chi connectivity index (χ1v) is 8.80. The summed E-state index contributed by atoms with van der Waals surface area (Å²) in [5.41, 5.74) is 0.923. The minimum Gasteiger partial charge on any atom is -0.481 e.